The molecular weight excluding hydrogens is 351 g/mol. The van der Waals surface area contributed by atoms with E-state index in [-0.39, 0.29) is 29.5 Å². The van der Waals surface area contributed by atoms with E-state index in [4.69, 9.17) is 19.2 Å². The van der Waals surface area contributed by atoms with Crippen LogP contribution in [0.25, 0.3) is 0 Å². The Morgan fingerprint density at radius 3 is 2.67 bits per heavy atom. The fourth-order valence-electron chi connectivity index (χ4n) is 5.72. The number of carbonyl (C=O) groups is 1. The Labute approximate surface area is 158 Å². The topological polar surface area (TPSA) is 54.0 Å². The molecule has 0 amide bonds. The zero-order chi connectivity index (χ0) is 18.8. The number of esters is 1. The average molecular weight is 376 g/mol. The second-order valence-corrected chi connectivity index (χ2v) is 8.78. The molecule has 4 heterocycles. The van der Waals surface area contributed by atoms with E-state index in [1.54, 1.807) is 12.1 Å². The van der Waals surface area contributed by atoms with Crippen molar-refractivity contribution in [1.82, 2.24) is 0 Å². The third kappa shape index (κ3) is 2.57. The van der Waals surface area contributed by atoms with Gasteiger partial charge in [-0.1, -0.05) is 19.1 Å². The van der Waals surface area contributed by atoms with Gasteiger partial charge in [-0.05, 0) is 56.2 Å². The number of benzene rings is 1. The van der Waals surface area contributed by atoms with Crippen LogP contribution in [0.3, 0.4) is 0 Å². The maximum absolute atomic E-state index is 13.3. The number of carbonyl (C=O) groups excluding carboxylic acids is 1. The lowest BCUT2D eigenvalue weighted by molar-refractivity contribution is -0.559. The molecule has 5 fully saturated rings. The van der Waals surface area contributed by atoms with E-state index in [1.165, 1.54) is 12.1 Å². The number of ether oxygens (including phenoxy) is 2. The van der Waals surface area contributed by atoms with Crippen molar-refractivity contribution in [3.63, 3.8) is 0 Å². The largest absolute Gasteiger partial charge is 0.432 e. The molecule has 2 bridgehead atoms. The second kappa shape index (κ2) is 6.00. The van der Waals surface area contributed by atoms with Crippen molar-refractivity contribution >= 4 is 5.97 Å². The Balaban J connectivity index is 1.53. The van der Waals surface area contributed by atoms with Crippen molar-refractivity contribution in [2.45, 2.75) is 63.6 Å². The second-order valence-electron chi connectivity index (χ2n) is 8.78. The monoisotopic (exact) mass is 376 g/mol. The molecule has 146 valence electrons. The normalized spacial score (nSPS) is 45.7. The lowest BCUT2D eigenvalue weighted by Crippen LogP contribution is -2.70. The van der Waals surface area contributed by atoms with Crippen LogP contribution in [-0.2, 0) is 30.5 Å². The molecule has 7 atom stereocenters. The fraction of sp³-hybridized carbons (Fsp3) is 0.667. The summed E-state index contributed by atoms with van der Waals surface area (Å²) >= 11 is 0. The van der Waals surface area contributed by atoms with Gasteiger partial charge in [0.2, 0.25) is 12.1 Å². The van der Waals surface area contributed by atoms with Gasteiger partial charge in [0.15, 0.2) is 5.60 Å². The molecule has 0 unspecified atom stereocenters. The minimum absolute atomic E-state index is 0.0438. The Hall–Kier alpha value is -1.50. The predicted octanol–water partition coefficient (Wildman–Crippen LogP) is 3.76. The molecule has 6 rings (SSSR count). The molecule has 5 aliphatic rings. The van der Waals surface area contributed by atoms with Crippen molar-refractivity contribution in [2.75, 3.05) is 0 Å². The molecule has 27 heavy (non-hydrogen) atoms. The maximum atomic E-state index is 13.3. The van der Waals surface area contributed by atoms with Gasteiger partial charge in [0, 0.05) is 18.3 Å². The standard InChI is InChI=1S/C21H25FO5/c1-12-3-8-17-15(11-13-4-6-14(22)7-5-13)18(23)24-19-21(17)16(12)9-10-20(2,25-19)26-27-21/h4-7,12,15-17,19H,3,8-11H2,1-2H3/t12-,15-,16+,17+,19-,20-,21-/m1/s1. The molecule has 4 saturated heterocycles. The Kier molecular flexibility index (Phi) is 3.91. The molecule has 6 heteroatoms. The molecule has 4 aliphatic heterocycles. The van der Waals surface area contributed by atoms with Gasteiger partial charge in [-0.2, -0.15) is 0 Å². The van der Waals surface area contributed by atoms with Crippen molar-refractivity contribution in [2.24, 2.45) is 23.7 Å². The van der Waals surface area contributed by atoms with Gasteiger partial charge in [-0.15, -0.1) is 0 Å². The van der Waals surface area contributed by atoms with Gasteiger partial charge in [0.25, 0.3) is 0 Å². The smallest absolute Gasteiger partial charge is 0.312 e. The Morgan fingerprint density at radius 2 is 1.89 bits per heavy atom. The van der Waals surface area contributed by atoms with E-state index in [1.807, 2.05) is 6.92 Å². The molecule has 1 aromatic rings. The summed E-state index contributed by atoms with van der Waals surface area (Å²) in [6.45, 7) is 4.08. The fourth-order valence-corrected chi connectivity index (χ4v) is 5.72. The summed E-state index contributed by atoms with van der Waals surface area (Å²) in [6.07, 6.45) is 3.31. The maximum Gasteiger partial charge on any atom is 0.312 e. The lowest BCUT2D eigenvalue weighted by atomic mass is 9.57. The highest BCUT2D eigenvalue weighted by Crippen LogP contribution is 2.60. The Bertz CT molecular complexity index is 751. The van der Waals surface area contributed by atoms with Crippen LogP contribution in [0.15, 0.2) is 24.3 Å². The molecule has 5 nitrogen and oxygen atoms in total. The van der Waals surface area contributed by atoms with Crippen LogP contribution in [0.1, 0.15) is 45.1 Å². The van der Waals surface area contributed by atoms with Crippen LogP contribution < -0.4 is 0 Å². The van der Waals surface area contributed by atoms with Crippen molar-refractivity contribution < 1.29 is 28.4 Å². The first-order chi connectivity index (χ1) is 12.9. The molecule has 0 aromatic heterocycles. The molecule has 1 aliphatic carbocycles. The van der Waals surface area contributed by atoms with Crippen molar-refractivity contribution in [3.05, 3.63) is 35.6 Å². The highest BCUT2D eigenvalue weighted by molar-refractivity contribution is 5.75. The minimum atomic E-state index is -0.873. The summed E-state index contributed by atoms with van der Waals surface area (Å²) in [5.74, 6) is -1.14. The number of hydrogen-bond acceptors (Lipinski definition) is 5. The number of rotatable bonds is 2. The molecule has 1 aromatic carbocycles. The minimum Gasteiger partial charge on any atom is -0.432 e. The quantitative estimate of drug-likeness (QED) is 0.581. The van der Waals surface area contributed by atoms with Crippen LogP contribution in [0, 0.1) is 29.5 Å². The van der Waals surface area contributed by atoms with Gasteiger partial charge in [-0.3, -0.25) is 4.79 Å². The van der Waals surface area contributed by atoms with E-state index in [0.717, 1.165) is 24.8 Å². The van der Waals surface area contributed by atoms with Gasteiger partial charge in [0.1, 0.15) is 5.82 Å². The molecule has 0 N–H and O–H groups in total. The molecule has 1 saturated carbocycles. The van der Waals surface area contributed by atoms with Crippen LogP contribution >= 0.6 is 0 Å². The lowest BCUT2D eigenvalue weighted by Gasteiger charge is -2.58. The molecule has 1 spiro atoms. The number of halogens is 1. The first kappa shape index (κ1) is 17.6. The zero-order valence-electron chi connectivity index (χ0n) is 15.7. The van der Waals surface area contributed by atoms with E-state index < -0.39 is 17.7 Å². The number of hydrogen-bond donors (Lipinski definition) is 0. The van der Waals surface area contributed by atoms with Gasteiger partial charge >= 0.3 is 5.97 Å². The zero-order valence-corrected chi connectivity index (χ0v) is 15.7. The van der Waals surface area contributed by atoms with Crippen LogP contribution in [-0.4, -0.2) is 23.6 Å². The summed E-state index contributed by atoms with van der Waals surface area (Å²) in [5, 5.41) is 0. The third-order valence-electron chi connectivity index (χ3n) is 7.16. The summed E-state index contributed by atoms with van der Waals surface area (Å²) in [7, 11) is 0. The van der Waals surface area contributed by atoms with Gasteiger partial charge < -0.3 is 9.47 Å². The summed E-state index contributed by atoms with van der Waals surface area (Å²) < 4.78 is 25.2. The van der Waals surface area contributed by atoms with Crippen molar-refractivity contribution in [1.29, 1.82) is 0 Å². The van der Waals surface area contributed by atoms with E-state index >= 15 is 0 Å². The Morgan fingerprint density at radius 1 is 1.11 bits per heavy atom. The van der Waals surface area contributed by atoms with Crippen LogP contribution in [0.4, 0.5) is 4.39 Å². The SMILES string of the molecule is C[C@@H]1CC[C@H]2[C@@H](Cc3ccc(F)cc3)C(=O)O[C@@H]3O[C@@]4(C)CC[C@@H]1[C@]32OO4. The summed E-state index contributed by atoms with van der Waals surface area (Å²) in [5.41, 5.74) is 0.159. The van der Waals surface area contributed by atoms with Crippen molar-refractivity contribution in [3.8, 4) is 0 Å². The number of fused-ring (bicyclic) bond motifs is 2. The van der Waals surface area contributed by atoms with Gasteiger partial charge in [0.05, 0.1) is 5.92 Å². The average Bonchev–Trinajstić information content (AvgIpc) is 2.87. The van der Waals surface area contributed by atoms with Crippen LogP contribution in [0.2, 0.25) is 0 Å². The molecular formula is C21H25FO5. The summed E-state index contributed by atoms with van der Waals surface area (Å²) in [6, 6.07) is 6.32. The highest BCUT2D eigenvalue weighted by Gasteiger charge is 2.70. The van der Waals surface area contributed by atoms with E-state index in [9.17, 15) is 9.18 Å². The third-order valence-corrected chi connectivity index (χ3v) is 7.16. The first-order valence-electron chi connectivity index (χ1n) is 9.91. The van der Waals surface area contributed by atoms with E-state index in [0.29, 0.717) is 18.8 Å². The predicted molar refractivity (Wildman–Crippen MR) is 92.5 cm³/mol. The van der Waals surface area contributed by atoms with E-state index in [2.05, 4.69) is 6.92 Å². The first-order valence-corrected chi connectivity index (χ1v) is 9.91. The highest BCUT2D eigenvalue weighted by atomic mass is 19.1. The van der Waals surface area contributed by atoms with Crippen LogP contribution in [0.5, 0.6) is 0 Å². The summed E-state index contributed by atoms with van der Waals surface area (Å²) in [4.78, 5) is 24.7. The molecule has 0 radical (unpaired) electrons. The van der Waals surface area contributed by atoms with Gasteiger partial charge in [-0.25, -0.2) is 14.2 Å².